The molecule has 0 spiro atoms. The Balaban J connectivity index is 1.74. The maximum absolute atomic E-state index is 13.1. The van der Waals surface area contributed by atoms with E-state index in [-0.39, 0.29) is 50.5 Å². The molecule has 1 aliphatic rings. The van der Waals surface area contributed by atoms with E-state index in [1.54, 1.807) is 48.5 Å². The van der Waals surface area contributed by atoms with Gasteiger partial charge in [-0.25, -0.2) is 0 Å². The number of halogens is 1. The molecule has 11 nitrogen and oxygen atoms in total. The standard InChI is InChI=1S/C27H33ClN4O7/c1-17(33)24-27(37)32(2)14-16-39-22-6-4-3-5-20(22)25(35)30-21(11-12-23(34)31-24)26(36)29-13-15-38-19-9-7-18(28)8-10-19/h3-10,17,21,24,33H,11-16H2,1-2H3,(H,29,36)(H,30,35)(H,31,34)/t17-,21+,24+/m1/s1. The predicted molar refractivity (Wildman–Crippen MR) is 144 cm³/mol. The van der Waals surface area contributed by atoms with Crippen molar-refractivity contribution < 1.29 is 33.8 Å². The smallest absolute Gasteiger partial charge is 0.255 e. The average Bonchev–Trinajstić information content (AvgIpc) is 2.92. The molecule has 12 heteroatoms. The van der Waals surface area contributed by atoms with Crippen LogP contribution in [0.5, 0.6) is 11.5 Å². The van der Waals surface area contributed by atoms with Crippen LogP contribution in [-0.4, -0.2) is 85.2 Å². The van der Waals surface area contributed by atoms with Crippen molar-refractivity contribution >= 4 is 35.2 Å². The molecule has 0 fully saturated rings. The highest BCUT2D eigenvalue weighted by molar-refractivity contribution is 6.30. The first-order valence-corrected chi connectivity index (χ1v) is 12.9. The minimum Gasteiger partial charge on any atom is -0.492 e. The molecule has 1 aliphatic heterocycles. The van der Waals surface area contributed by atoms with Gasteiger partial charge in [0, 0.05) is 18.5 Å². The number of benzene rings is 2. The molecule has 39 heavy (non-hydrogen) atoms. The first-order chi connectivity index (χ1) is 18.7. The number of para-hydroxylation sites is 1. The van der Waals surface area contributed by atoms with Gasteiger partial charge in [-0.1, -0.05) is 23.7 Å². The highest BCUT2D eigenvalue weighted by atomic mass is 35.5. The Kier molecular flexibility index (Phi) is 10.9. The molecule has 3 rings (SSSR count). The van der Waals surface area contributed by atoms with Gasteiger partial charge in [0.2, 0.25) is 17.7 Å². The van der Waals surface area contributed by atoms with Gasteiger partial charge in [0.1, 0.15) is 36.8 Å². The molecular weight excluding hydrogens is 528 g/mol. The largest absolute Gasteiger partial charge is 0.492 e. The minimum atomic E-state index is -1.17. The van der Waals surface area contributed by atoms with E-state index in [2.05, 4.69) is 16.0 Å². The number of aliphatic hydroxyl groups is 1. The normalized spacial score (nSPS) is 19.8. The lowest BCUT2D eigenvalue weighted by Crippen LogP contribution is -2.53. The van der Waals surface area contributed by atoms with E-state index in [1.807, 2.05) is 0 Å². The SMILES string of the molecule is C[C@@H](O)[C@@H]1NC(=O)CC[C@@H](C(=O)NCCOc2ccc(Cl)cc2)NC(=O)c2ccccc2OCCN(C)C1=O. The van der Waals surface area contributed by atoms with Crippen molar-refractivity contribution in [3.05, 3.63) is 59.1 Å². The number of aliphatic hydroxyl groups excluding tert-OH is 1. The molecule has 0 aliphatic carbocycles. The predicted octanol–water partition coefficient (Wildman–Crippen LogP) is 1.13. The summed E-state index contributed by atoms with van der Waals surface area (Å²) < 4.78 is 11.3. The zero-order valence-electron chi connectivity index (χ0n) is 21.8. The highest BCUT2D eigenvalue weighted by Crippen LogP contribution is 2.19. The maximum Gasteiger partial charge on any atom is 0.255 e. The lowest BCUT2D eigenvalue weighted by Gasteiger charge is -2.26. The Morgan fingerprint density at radius 1 is 1.18 bits per heavy atom. The summed E-state index contributed by atoms with van der Waals surface area (Å²) in [7, 11) is 1.53. The van der Waals surface area contributed by atoms with Crippen molar-refractivity contribution in [1.82, 2.24) is 20.9 Å². The van der Waals surface area contributed by atoms with Gasteiger partial charge in [0.15, 0.2) is 0 Å². The van der Waals surface area contributed by atoms with Crippen molar-refractivity contribution in [2.75, 3.05) is 33.4 Å². The monoisotopic (exact) mass is 560 g/mol. The topological polar surface area (TPSA) is 146 Å². The van der Waals surface area contributed by atoms with Crippen LogP contribution in [-0.2, 0) is 14.4 Å². The molecule has 0 unspecified atom stereocenters. The molecule has 0 saturated carbocycles. The van der Waals surface area contributed by atoms with Gasteiger partial charge in [-0.3, -0.25) is 19.2 Å². The van der Waals surface area contributed by atoms with Crippen molar-refractivity contribution in [2.24, 2.45) is 0 Å². The lowest BCUT2D eigenvalue weighted by molar-refractivity contribution is -0.138. The fraction of sp³-hybridized carbons (Fsp3) is 0.407. The molecule has 2 aromatic carbocycles. The van der Waals surface area contributed by atoms with Crippen LogP contribution in [0.4, 0.5) is 0 Å². The Morgan fingerprint density at radius 3 is 2.62 bits per heavy atom. The Bertz CT molecular complexity index is 1160. The van der Waals surface area contributed by atoms with Crippen molar-refractivity contribution in [3.63, 3.8) is 0 Å². The molecular formula is C27H33ClN4O7. The summed E-state index contributed by atoms with van der Waals surface area (Å²) >= 11 is 5.87. The molecule has 3 atom stereocenters. The van der Waals surface area contributed by atoms with Crippen LogP contribution >= 0.6 is 11.6 Å². The zero-order chi connectivity index (χ0) is 28.4. The number of ether oxygens (including phenoxy) is 2. The van der Waals surface area contributed by atoms with E-state index in [1.165, 1.54) is 18.9 Å². The molecule has 0 aromatic heterocycles. The summed E-state index contributed by atoms with van der Waals surface area (Å²) in [5, 5.41) is 18.6. The van der Waals surface area contributed by atoms with Gasteiger partial charge in [0.05, 0.1) is 24.8 Å². The van der Waals surface area contributed by atoms with Crippen molar-refractivity contribution in [1.29, 1.82) is 0 Å². The fourth-order valence-electron chi connectivity index (χ4n) is 3.83. The van der Waals surface area contributed by atoms with E-state index in [9.17, 15) is 24.3 Å². The Hall–Kier alpha value is -3.83. The molecule has 4 N–H and O–H groups in total. The Morgan fingerprint density at radius 2 is 1.90 bits per heavy atom. The van der Waals surface area contributed by atoms with Crippen LogP contribution in [0, 0.1) is 0 Å². The molecule has 1 heterocycles. The van der Waals surface area contributed by atoms with Crippen LogP contribution in [0.3, 0.4) is 0 Å². The van der Waals surface area contributed by atoms with Gasteiger partial charge >= 0.3 is 0 Å². The molecule has 210 valence electrons. The molecule has 2 aromatic rings. The molecule has 4 amide bonds. The first-order valence-electron chi connectivity index (χ1n) is 12.6. The molecule has 0 bridgehead atoms. The van der Waals surface area contributed by atoms with E-state index < -0.39 is 41.8 Å². The number of rotatable bonds is 6. The number of nitrogens with zero attached hydrogens (tertiary/aromatic N) is 1. The number of likely N-dealkylation sites (N-methyl/N-ethyl adjacent to an activating group) is 1. The van der Waals surface area contributed by atoms with Crippen LogP contribution in [0.2, 0.25) is 5.02 Å². The summed E-state index contributed by atoms with van der Waals surface area (Å²) in [5.74, 6) is -1.24. The lowest BCUT2D eigenvalue weighted by atomic mass is 10.1. The van der Waals surface area contributed by atoms with E-state index in [0.29, 0.717) is 10.8 Å². The number of carbonyl (C=O) groups excluding carboxylic acids is 4. The van der Waals surface area contributed by atoms with E-state index in [4.69, 9.17) is 21.1 Å². The summed E-state index contributed by atoms with van der Waals surface area (Å²) in [5.41, 5.74) is 0.205. The maximum atomic E-state index is 13.1. The van der Waals surface area contributed by atoms with Crippen LogP contribution in [0.1, 0.15) is 30.1 Å². The average molecular weight is 561 g/mol. The summed E-state index contributed by atoms with van der Waals surface area (Å²) in [4.78, 5) is 53.0. The van der Waals surface area contributed by atoms with Crippen LogP contribution in [0.15, 0.2) is 48.5 Å². The van der Waals surface area contributed by atoms with Crippen molar-refractivity contribution in [3.8, 4) is 11.5 Å². The van der Waals surface area contributed by atoms with E-state index in [0.717, 1.165) is 0 Å². The Labute approximate surface area is 231 Å². The third kappa shape index (κ3) is 8.86. The van der Waals surface area contributed by atoms with Gasteiger partial charge in [0.25, 0.3) is 5.91 Å². The van der Waals surface area contributed by atoms with Crippen LogP contribution < -0.4 is 25.4 Å². The summed E-state index contributed by atoms with van der Waals surface area (Å²) in [6.07, 6.45) is -1.39. The number of carbonyl (C=O) groups is 4. The third-order valence-electron chi connectivity index (χ3n) is 6.02. The van der Waals surface area contributed by atoms with Gasteiger partial charge < -0.3 is 35.4 Å². The highest BCUT2D eigenvalue weighted by Gasteiger charge is 2.30. The fourth-order valence-corrected chi connectivity index (χ4v) is 3.96. The van der Waals surface area contributed by atoms with Gasteiger partial charge in [-0.05, 0) is 49.7 Å². The minimum absolute atomic E-state index is 0.0545. The van der Waals surface area contributed by atoms with E-state index >= 15 is 0 Å². The second kappa shape index (κ2) is 14.4. The molecule has 0 saturated heterocycles. The van der Waals surface area contributed by atoms with Gasteiger partial charge in [-0.2, -0.15) is 0 Å². The number of hydrogen-bond donors (Lipinski definition) is 4. The van der Waals surface area contributed by atoms with Crippen molar-refractivity contribution in [2.45, 2.75) is 38.0 Å². The first kappa shape index (κ1) is 29.7. The number of nitrogens with one attached hydrogen (secondary N) is 3. The summed E-state index contributed by atoms with van der Waals surface area (Å²) in [6, 6.07) is 11.1. The number of hydrogen-bond acceptors (Lipinski definition) is 7. The second-order valence-corrected chi connectivity index (χ2v) is 9.48. The molecule has 0 radical (unpaired) electrons. The zero-order valence-corrected chi connectivity index (χ0v) is 22.6. The summed E-state index contributed by atoms with van der Waals surface area (Å²) in [6.45, 7) is 1.92. The second-order valence-electron chi connectivity index (χ2n) is 9.05. The van der Waals surface area contributed by atoms with Crippen LogP contribution in [0.25, 0.3) is 0 Å². The quantitative estimate of drug-likeness (QED) is 0.387. The number of fused-ring (bicyclic) bond motifs is 1. The van der Waals surface area contributed by atoms with Gasteiger partial charge in [-0.15, -0.1) is 0 Å². The third-order valence-corrected chi connectivity index (χ3v) is 6.27. The number of amides is 4.